The zero-order valence-electron chi connectivity index (χ0n) is 12.9. The number of rotatable bonds is 4. The van der Waals surface area contributed by atoms with Gasteiger partial charge in [-0.15, -0.1) is 11.3 Å². The molecule has 0 aliphatic rings. The Morgan fingerprint density at radius 3 is 2.52 bits per heavy atom. The first-order chi connectivity index (χ1) is 11.1. The van der Waals surface area contributed by atoms with E-state index in [-0.39, 0.29) is 5.91 Å². The molecule has 0 aliphatic carbocycles. The average molecular weight is 324 g/mol. The Hall–Kier alpha value is -2.60. The van der Waals surface area contributed by atoms with Gasteiger partial charge in [-0.1, -0.05) is 30.3 Å². The standard InChI is InChI=1S/C17H16N4OS/c1-12(22)21-17(2,14-6-4-3-5-7-14)16-20-15(10-23-16)13-8-18-11-19-9-13/h3-11H,1-2H3,(H,21,22). The van der Waals surface area contributed by atoms with E-state index < -0.39 is 5.54 Å². The molecule has 23 heavy (non-hydrogen) atoms. The molecule has 1 atom stereocenters. The van der Waals surface area contributed by atoms with Gasteiger partial charge in [0.25, 0.3) is 0 Å². The van der Waals surface area contributed by atoms with Crippen molar-refractivity contribution in [3.8, 4) is 11.3 Å². The number of amides is 1. The average Bonchev–Trinajstić information content (AvgIpc) is 3.06. The lowest BCUT2D eigenvalue weighted by Gasteiger charge is -2.28. The van der Waals surface area contributed by atoms with E-state index in [1.54, 1.807) is 12.4 Å². The topological polar surface area (TPSA) is 67.8 Å². The molecule has 0 radical (unpaired) electrons. The van der Waals surface area contributed by atoms with Crippen LogP contribution >= 0.6 is 11.3 Å². The van der Waals surface area contributed by atoms with Crippen molar-refractivity contribution in [1.29, 1.82) is 0 Å². The van der Waals surface area contributed by atoms with E-state index in [2.05, 4.69) is 15.3 Å². The fraction of sp³-hybridized carbons (Fsp3) is 0.176. The van der Waals surface area contributed by atoms with Crippen molar-refractivity contribution >= 4 is 17.2 Å². The van der Waals surface area contributed by atoms with Gasteiger partial charge in [0.15, 0.2) is 0 Å². The summed E-state index contributed by atoms with van der Waals surface area (Å²) in [5.41, 5.74) is 1.97. The molecular weight excluding hydrogens is 308 g/mol. The molecular formula is C17H16N4OS. The highest BCUT2D eigenvalue weighted by atomic mass is 32.1. The van der Waals surface area contributed by atoms with Crippen LogP contribution in [0.15, 0.2) is 54.4 Å². The summed E-state index contributed by atoms with van der Waals surface area (Å²) in [6.45, 7) is 3.48. The number of carbonyl (C=O) groups is 1. The Labute approximate surface area is 138 Å². The van der Waals surface area contributed by atoms with E-state index in [1.165, 1.54) is 24.6 Å². The zero-order valence-corrected chi connectivity index (χ0v) is 13.7. The van der Waals surface area contributed by atoms with Gasteiger partial charge < -0.3 is 5.32 Å². The molecule has 0 fully saturated rings. The number of benzene rings is 1. The summed E-state index contributed by atoms with van der Waals surface area (Å²) in [5.74, 6) is -0.101. The lowest BCUT2D eigenvalue weighted by Crippen LogP contribution is -2.43. The second kappa shape index (κ2) is 6.26. The molecule has 1 unspecified atom stereocenters. The van der Waals surface area contributed by atoms with Gasteiger partial charge in [-0.05, 0) is 12.5 Å². The van der Waals surface area contributed by atoms with Crippen molar-refractivity contribution in [2.45, 2.75) is 19.4 Å². The van der Waals surface area contributed by atoms with Crippen molar-refractivity contribution in [1.82, 2.24) is 20.3 Å². The van der Waals surface area contributed by atoms with Crippen molar-refractivity contribution in [3.63, 3.8) is 0 Å². The molecule has 0 bridgehead atoms. The van der Waals surface area contributed by atoms with Crippen molar-refractivity contribution in [3.05, 3.63) is 65.0 Å². The number of carbonyl (C=O) groups excluding carboxylic acids is 1. The SMILES string of the molecule is CC(=O)NC(C)(c1ccccc1)c1nc(-c2cncnc2)cs1. The second-order valence-electron chi connectivity index (χ2n) is 5.34. The van der Waals surface area contributed by atoms with E-state index in [4.69, 9.17) is 4.98 Å². The number of nitrogens with zero attached hydrogens (tertiary/aromatic N) is 3. The molecule has 3 rings (SSSR count). The van der Waals surface area contributed by atoms with E-state index >= 15 is 0 Å². The summed E-state index contributed by atoms with van der Waals surface area (Å²) in [4.78, 5) is 24.5. The predicted molar refractivity (Wildman–Crippen MR) is 89.9 cm³/mol. The Kier molecular flexibility index (Phi) is 4.16. The molecule has 3 aromatic rings. The van der Waals surface area contributed by atoms with Gasteiger partial charge >= 0.3 is 0 Å². The third-order valence-corrected chi connectivity index (χ3v) is 4.63. The van der Waals surface area contributed by atoms with Crippen LogP contribution in [0.25, 0.3) is 11.3 Å². The van der Waals surface area contributed by atoms with Gasteiger partial charge in [0.1, 0.15) is 16.9 Å². The Morgan fingerprint density at radius 1 is 1.17 bits per heavy atom. The van der Waals surface area contributed by atoms with Crippen LogP contribution in [0.4, 0.5) is 0 Å². The smallest absolute Gasteiger partial charge is 0.217 e. The third kappa shape index (κ3) is 3.12. The number of hydrogen-bond donors (Lipinski definition) is 1. The molecule has 1 amide bonds. The summed E-state index contributed by atoms with van der Waals surface area (Å²) >= 11 is 1.51. The van der Waals surface area contributed by atoms with Crippen LogP contribution in [0, 0.1) is 0 Å². The minimum atomic E-state index is -0.675. The van der Waals surface area contributed by atoms with Gasteiger partial charge in [0.05, 0.1) is 5.69 Å². The van der Waals surface area contributed by atoms with Crippen LogP contribution in [0.3, 0.4) is 0 Å². The predicted octanol–water partition coefficient (Wildman–Crippen LogP) is 3.00. The zero-order chi connectivity index (χ0) is 16.3. The second-order valence-corrected chi connectivity index (χ2v) is 6.20. The maximum atomic E-state index is 11.7. The lowest BCUT2D eigenvalue weighted by atomic mass is 9.92. The number of hydrogen-bond acceptors (Lipinski definition) is 5. The molecule has 2 aromatic heterocycles. The highest BCUT2D eigenvalue weighted by Crippen LogP contribution is 2.33. The highest BCUT2D eigenvalue weighted by Gasteiger charge is 2.33. The monoisotopic (exact) mass is 324 g/mol. The highest BCUT2D eigenvalue weighted by molar-refractivity contribution is 7.10. The molecule has 116 valence electrons. The van der Waals surface area contributed by atoms with E-state index in [9.17, 15) is 4.79 Å². The van der Waals surface area contributed by atoms with Gasteiger partial charge in [0.2, 0.25) is 5.91 Å². The quantitative estimate of drug-likeness (QED) is 0.801. The summed E-state index contributed by atoms with van der Waals surface area (Å²) in [7, 11) is 0. The molecule has 5 nitrogen and oxygen atoms in total. The molecule has 0 saturated heterocycles. The molecule has 1 N–H and O–H groups in total. The minimum absolute atomic E-state index is 0.101. The van der Waals surface area contributed by atoms with E-state index in [0.29, 0.717) is 0 Å². The van der Waals surface area contributed by atoms with Crippen LogP contribution in [-0.2, 0) is 10.3 Å². The van der Waals surface area contributed by atoms with Gasteiger partial charge in [-0.3, -0.25) is 4.79 Å². The Balaban J connectivity index is 2.05. The van der Waals surface area contributed by atoms with Crippen molar-refractivity contribution in [2.75, 3.05) is 0 Å². The first-order valence-electron chi connectivity index (χ1n) is 7.15. The van der Waals surface area contributed by atoms with E-state index in [0.717, 1.165) is 21.8 Å². The third-order valence-electron chi connectivity index (χ3n) is 3.57. The fourth-order valence-electron chi connectivity index (χ4n) is 2.44. The molecule has 0 saturated carbocycles. The molecule has 1 aromatic carbocycles. The first kappa shape index (κ1) is 15.3. The molecule has 0 spiro atoms. The largest absolute Gasteiger partial charge is 0.341 e. The van der Waals surface area contributed by atoms with Gasteiger partial charge in [-0.25, -0.2) is 15.0 Å². The van der Waals surface area contributed by atoms with Crippen molar-refractivity contribution < 1.29 is 4.79 Å². The number of aromatic nitrogens is 3. The normalized spacial score (nSPS) is 13.3. The van der Waals surface area contributed by atoms with Crippen LogP contribution in [0.5, 0.6) is 0 Å². The Bertz CT molecular complexity index is 804. The first-order valence-corrected chi connectivity index (χ1v) is 8.03. The summed E-state index contributed by atoms with van der Waals surface area (Å²) in [6, 6.07) is 9.83. The van der Waals surface area contributed by atoms with Crippen LogP contribution in [0.2, 0.25) is 0 Å². The van der Waals surface area contributed by atoms with Gasteiger partial charge in [0, 0.05) is 30.3 Å². The van der Waals surface area contributed by atoms with Gasteiger partial charge in [-0.2, -0.15) is 0 Å². The van der Waals surface area contributed by atoms with Crippen LogP contribution in [-0.4, -0.2) is 20.9 Å². The molecule has 6 heteroatoms. The van der Waals surface area contributed by atoms with Crippen molar-refractivity contribution in [2.24, 2.45) is 0 Å². The summed E-state index contributed by atoms with van der Waals surface area (Å²) in [6.07, 6.45) is 4.94. The minimum Gasteiger partial charge on any atom is -0.341 e. The maximum absolute atomic E-state index is 11.7. The summed E-state index contributed by atoms with van der Waals surface area (Å²) in [5, 5.41) is 5.80. The van der Waals surface area contributed by atoms with Crippen LogP contribution < -0.4 is 5.32 Å². The lowest BCUT2D eigenvalue weighted by molar-refractivity contribution is -0.120. The van der Waals surface area contributed by atoms with E-state index in [1.807, 2.05) is 42.6 Å². The summed E-state index contributed by atoms with van der Waals surface area (Å²) < 4.78 is 0. The maximum Gasteiger partial charge on any atom is 0.217 e. The number of thiazole rings is 1. The van der Waals surface area contributed by atoms with Crippen LogP contribution in [0.1, 0.15) is 24.4 Å². The molecule has 0 aliphatic heterocycles. The number of nitrogens with one attached hydrogen (secondary N) is 1. The fourth-order valence-corrected chi connectivity index (χ4v) is 3.41. The molecule has 2 heterocycles. The Morgan fingerprint density at radius 2 is 1.87 bits per heavy atom.